The molecule has 1 aliphatic carbocycles. The highest BCUT2D eigenvalue weighted by molar-refractivity contribution is 6.28. The number of halogens is 1. The van der Waals surface area contributed by atoms with Gasteiger partial charge in [0.25, 0.3) is 10.9 Å². The average molecular weight is 279 g/mol. The minimum atomic E-state index is -0.531. The third kappa shape index (κ3) is 2.19. The van der Waals surface area contributed by atoms with Crippen molar-refractivity contribution in [2.45, 2.75) is 25.3 Å². The van der Waals surface area contributed by atoms with Crippen molar-refractivity contribution in [1.82, 2.24) is 9.97 Å². The van der Waals surface area contributed by atoms with E-state index in [9.17, 15) is 9.59 Å². The molecule has 3 rings (SSSR count). The van der Waals surface area contributed by atoms with E-state index in [2.05, 4.69) is 20.6 Å². The fourth-order valence-corrected chi connectivity index (χ4v) is 2.09. The molecule has 7 heteroatoms. The Hall–Kier alpha value is -1.95. The van der Waals surface area contributed by atoms with Crippen LogP contribution in [0.25, 0.3) is 0 Å². The smallest absolute Gasteiger partial charge is 0.253 e. The van der Waals surface area contributed by atoms with Crippen LogP contribution in [0, 0.1) is 0 Å². The zero-order valence-corrected chi connectivity index (χ0v) is 10.7. The third-order valence-corrected chi connectivity index (χ3v) is 3.43. The second kappa shape index (κ2) is 4.62. The molecule has 2 aromatic rings. The van der Waals surface area contributed by atoms with E-state index in [0.717, 1.165) is 19.3 Å². The van der Waals surface area contributed by atoms with Crippen LogP contribution in [0.2, 0.25) is 5.28 Å². The Labute approximate surface area is 113 Å². The number of aromatic nitrogens is 2. The SMILES string of the molecule is O=c1c(Nc2ccnc(Cl)n2)c(NC2CCC2)c1=O. The van der Waals surface area contributed by atoms with Gasteiger partial charge in [0, 0.05) is 12.2 Å². The van der Waals surface area contributed by atoms with Crippen LogP contribution in [0.15, 0.2) is 21.9 Å². The lowest BCUT2D eigenvalue weighted by molar-refractivity contribution is 0.445. The van der Waals surface area contributed by atoms with Gasteiger partial charge in [0.1, 0.15) is 17.2 Å². The first-order valence-electron chi connectivity index (χ1n) is 6.00. The van der Waals surface area contributed by atoms with Gasteiger partial charge in [-0.1, -0.05) is 0 Å². The summed E-state index contributed by atoms with van der Waals surface area (Å²) in [4.78, 5) is 30.8. The maximum Gasteiger partial charge on any atom is 0.253 e. The van der Waals surface area contributed by atoms with Crippen LogP contribution in [0.3, 0.4) is 0 Å². The van der Waals surface area contributed by atoms with Crippen LogP contribution in [0.5, 0.6) is 0 Å². The molecule has 0 unspecified atom stereocenters. The van der Waals surface area contributed by atoms with Crippen LogP contribution in [0.1, 0.15) is 19.3 Å². The molecule has 0 saturated heterocycles. The third-order valence-electron chi connectivity index (χ3n) is 3.24. The standard InChI is InChI=1S/C12H11ClN4O2/c13-12-14-5-4-7(17-12)16-9-8(10(18)11(9)19)15-6-2-1-3-6/h4-6,15H,1-3H2,(H,14,16,17). The minimum absolute atomic E-state index is 0.0807. The molecule has 0 spiro atoms. The summed E-state index contributed by atoms with van der Waals surface area (Å²) >= 11 is 5.66. The molecule has 2 N–H and O–H groups in total. The summed E-state index contributed by atoms with van der Waals surface area (Å²) in [6, 6.07) is 1.87. The molecule has 0 amide bonds. The van der Waals surface area contributed by atoms with Gasteiger partial charge in [-0.15, -0.1) is 0 Å². The van der Waals surface area contributed by atoms with Crippen molar-refractivity contribution in [2.75, 3.05) is 10.6 Å². The number of hydrogen-bond donors (Lipinski definition) is 2. The fourth-order valence-electron chi connectivity index (χ4n) is 1.94. The molecule has 19 heavy (non-hydrogen) atoms. The summed E-state index contributed by atoms with van der Waals surface area (Å²) in [6.07, 6.45) is 4.68. The zero-order valence-electron chi connectivity index (χ0n) is 9.94. The normalized spacial score (nSPS) is 15.2. The molecule has 98 valence electrons. The van der Waals surface area contributed by atoms with Gasteiger partial charge < -0.3 is 10.6 Å². The lowest BCUT2D eigenvalue weighted by Crippen LogP contribution is -2.40. The summed E-state index contributed by atoms with van der Waals surface area (Å²) in [6.45, 7) is 0. The summed E-state index contributed by atoms with van der Waals surface area (Å²) < 4.78 is 0. The van der Waals surface area contributed by atoms with Gasteiger partial charge in [-0.2, -0.15) is 0 Å². The predicted molar refractivity (Wildman–Crippen MR) is 72.9 cm³/mol. The molecule has 1 aliphatic rings. The lowest BCUT2D eigenvalue weighted by atomic mass is 9.92. The summed E-state index contributed by atoms with van der Waals surface area (Å²) in [5.41, 5.74) is -0.401. The van der Waals surface area contributed by atoms with E-state index in [1.54, 1.807) is 6.07 Å². The van der Waals surface area contributed by atoms with Gasteiger partial charge >= 0.3 is 0 Å². The Kier molecular flexibility index (Phi) is 2.94. The molecular formula is C12H11ClN4O2. The largest absolute Gasteiger partial charge is 0.377 e. The molecule has 1 fully saturated rings. The molecule has 6 nitrogen and oxygen atoms in total. The average Bonchev–Trinajstić information content (AvgIpc) is 2.35. The van der Waals surface area contributed by atoms with Gasteiger partial charge in [0.15, 0.2) is 0 Å². The van der Waals surface area contributed by atoms with Crippen molar-refractivity contribution in [2.24, 2.45) is 0 Å². The summed E-state index contributed by atoms with van der Waals surface area (Å²) in [7, 11) is 0. The van der Waals surface area contributed by atoms with Gasteiger partial charge in [-0.25, -0.2) is 9.97 Å². The van der Waals surface area contributed by atoms with Gasteiger partial charge in [-0.05, 0) is 36.9 Å². The maximum atomic E-state index is 11.6. The molecule has 0 radical (unpaired) electrons. The second-order valence-electron chi connectivity index (χ2n) is 4.52. The minimum Gasteiger partial charge on any atom is -0.377 e. The molecular weight excluding hydrogens is 268 g/mol. The van der Waals surface area contributed by atoms with Crippen molar-refractivity contribution in [3.05, 3.63) is 38.0 Å². The van der Waals surface area contributed by atoms with Crippen molar-refractivity contribution < 1.29 is 0 Å². The van der Waals surface area contributed by atoms with E-state index in [4.69, 9.17) is 11.6 Å². The maximum absolute atomic E-state index is 11.6. The Bertz CT molecular complexity index is 689. The van der Waals surface area contributed by atoms with Gasteiger partial charge in [0.05, 0.1) is 0 Å². The van der Waals surface area contributed by atoms with Crippen molar-refractivity contribution in [3.8, 4) is 0 Å². The topological polar surface area (TPSA) is 84.0 Å². The van der Waals surface area contributed by atoms with Crippen LogP contribution < -0.4 is 21.5 Å². The Morgan fingerprint density at radius 2 is 1.95 bits per heavy atom. The summed E-state index contributed by atoms with van der Waals surface area (Å²) in [5, 5.41) is 5.98. The first-order valence-corrected chi connectivity index (χ1v) is 6.38. The molecule has 1 aromatic carbocycles. The number of rotatable bonds is 4. The number of hydrogen-bond acceptors (Lipinski definition) is 6. The second-order valence-corrected chi connectivity index (χ2v) is 4.85. The number of nitrogens with zero attached hydrogens (tertiary/aromatic N) is 2. The van der Waals surface area contributed by atoms with Crippen LogP contribution >= 0.6 is 11.6 Å². The quantitative estimate of drug-likeness (QED) is 0.650. The number of anilines is 3. The highest BCUT2D eigenvalue weighted by atomic mass is 35.5. The first kappa shape index (κ1) is 12.1. The van der Waals surface area contributed by atoms with E-state index in [-0.39, 0.29) is 17.0 Å². The van der Waals surface area contributed by atoms with Crippen LogP contribution in [-0.4, -0.2) is 16.0 Å². The van der Waals surface area contributed by atoms with Crippen LogP contribution in [0.4, 0.5) is 17.2 Å². The molecule has 1 heterocycles. The predicted octanol–water partition coefficient (Wildman–Crippen LogP) is 1.43. The van der Waals surface area contributed by atoms with E-state index >= 15 is 0 Å². The van der Waals surface area contributed by atoms with E-state index in [1.807, 2.05) is 0 Å². The monoisotopic (exact) mass is 278 g/mol. The fraction of sp³-hybridized carbons (Fsp3) is 0.333. The van der Waals surface area contributed by atoms with E-state index in [0.29, 0.717) is 11.5 Å². The van der Waals surface area contributed by atoms with Crippen molar-refractivity contribution in [3.63, 3.8) is 0 Å². The van der Waals surface area contributed by atoms with Crippen molar-refractivity contribution in [1.29, 1.82) is 0 Å². The van der Waals surface area contributed by atoms with Crippen LogP contribution in [-0.2, 0) is 0 Å². The molecule has 1 aromatic heterocycles. The van der Waals surface area contributed by atoms with Crippen molar-refractivity contribution >= 4 is 28.8 Å². The molecule has 0 bridgehead atoms. The molecule has 0 atom stereocenters. The lowest BCUT2D eigenvalue weighted by Gasteiger charge is -2.28. The highest BCUT2D eigenvalue weighted by Crippen LogP contribution is 2.26. The van der Waals surface area contributed by atoms with Gasteiger partial charge in [-0.3, -0.25) is 9.59 Å². The molecule has 0 aliphatic heterocycles. The van der Waals surface area contributed by atoms with E-state index < -0.39 is 10.9 Å². The highest BCUT2D eigenvalue weighted by Gasteiger charge is 2.26. The Morgan fingerprint density at radius 3 is 2.58 bits per heavy atom. The van der Waals surface area contributed by atoms with Gasteiger partial charge in [0.2, 0.25) is 5.28 Å². The first-order chi connectivity index (χ1) is 9.15. The summed E-state index contributed by atoms with van der Waals surface area (Å²) in [5.74, 6) is 0.392. The molecule has 1 saturated carbocycles. The Morgan fingerprint density at radius 1 is 1.21 bits per heavy atom. The van der Waals surface area contributed by atoms with E-state index in [1.165, 1.54) is 6.20 Å². The number of nitrogens with one attached hydrogen (secondary N) is 2. The Balaban J connectivity index is 1.82. The zero-order chi connectivity index (χ0) is 13.4.